The Bertz CT molecular complexity index is 627. The highest BCUT2D eigenvalue weighted by atomic mass is 16.5. The summed E-state index contributed by atoms with van der Waals surface area (Å²) in [6.07, 6.45) is 1.63. The van der Waals surface area contributed by atoms with E-state index >= 15 is 0 Å². The molecule has 0 amide bonds. The maximum atomic E-state index is 5.96. The smallest absolute Gasteiger partial charge is 0.219 e. The van der Waals surface area contributed by atoms with E-state index in [0.29, 0.717) is 11.6 Å². The molecule has 3 heteroatoms. The molecule has 1 heterocycles. The molecule has 2 aromatic rings. The van der Waals surface area contributed by atoms with Crippen LogP contribution in [0.15, 0.2) is 30.5 Å². The number of nitrogen functional groups attached to an aromatic ring is 1. The molecule has 0 saturated heterocycles. The Labute approximate surface area is 120 Å². The summed E-state index contributed by atoms with van der Waals surface area (Å²) in [4.78, 5) is 4.23. The van der Waals surface area contributed by atoms with Gasteiger partial charge in [-0.2, -0.15) is 0 Å². The maximum absolute atomic E-state index is 5.96. The molecule has 0 aliphatic rings. The fourth-order valence-corrected chi connectivity index (χ4v) is 2.03. The van der Waals surface area contributed by atoms with Crippen LogP contribution in [-0.2, 0) is 5.41 Å². The minimum absolute atomic E-state index is 0.0181. The quantitative estimate of drug-likeness (QED) is 0.881. The Balaban J connectivity index is 2.40. The highest BCUT2D eigenvalue weighted by Crippen LogP contribution is 2.34. The number of hydrogen-bond donors (Lipinski definition) is 1. The summed E-state index contributed by atoms with van der Waals surface area (Å²) in [5.74, 6) is 1.42. The monoisotopic (exact) mass is 270 g/mol. The molecule has 0 aliphatic heterocycles. The number of ether oxygens (including phenoxy) is 1. The first-order valence-electron chi connectivity index (χ1n) is 6.78. The zero-order chi connectivity index (χ0) is 14.9. The SMILES string of the molecule is Cc1ccc(Oc2cc(C)c(N)cn2)c(C(C)(C)C)c1. The molecule has 0 aliphatic carbocycles. The van der Waals surface area contributed by atoms with Crippen molar-refractivity contribution in [3.8, 4) is 11.6 Å². The fourth-order valence-electron chi connectivity index (χ4n) is 2.03. The third-order valence-electron chi connectivity index (χ3n) is 3.28. The molecule has 1 aromatic heterocycles. The van der Waals surface area contributed by atoms with Gasteiger partial charge < -0.3 is 10.5 Å². The van der Waals surface area contributed by atoms with Crippen molar-refractivity contribution in [3.63, 3.8) is 0 Å². The van der Waals surface area contributed by atoms with E-state index in [-0.39, 0.29) is 5.41 Å². The second-order valence-corrected chi connectivity index (χ2v) is 6.23. The minimum Gasteiger partial charge on any atom is -0.439 e. The van der Waals surface area contributed by atoms with Gasteiger partial charge in [-0.25, -0.2) is 4.98 Å². The Morgan fingerprint density at radius 1 is 1.10 bits per heavy atom. The summed E-state index contributed by atoms with van der Waals surface area (Å²) in [6.45, 7) is 10.6. The molecule has 0 saturated carbocycles. The van der Waals surface area contributed by atoms with Crippen LogP contribution in [0.25, 0.3) is 0 Å². The van der Waals surface area contributed by atoms with Gasteiger partial charge in [-0.05, 0) is 30.9 Å². The van der Waals surface area contributed by atoms with Gasteiger partial charge in [0.1, 0.15) is 5.75 Å². The number of nitrogens with zero attached hydrogens (tertiary/aromatic N) is 1. The molecule has 0 radical (unpaired) electrons. The average Bonchev–Trinajstić information content (AvgIpc) is 2.35. The van der Waals surface area contributed by atoms with Crippen LogP contribution in [-0.4, -0.2) is 4.98 Å². The summed E-state index contributed by atoms with van der Waals surface area (Å²) >= 11 is 0. The van der Waals surface area contributed by atoms with E-state index in [1.165, 1.54) is 11.1 Å². The highest BCUT2D eigenvalue weighted by molar-refractivity contribution is 5.47. The second-order valence-electron chi connectivity index (χ2n) is 6.23. The number of rotatable bonds is 2. The summed E-state index contributed by atoms with van der Waals surface area (Å²) in [7, 11) is 0. The van der Waals surface area contributed by atoms with Crippen molar-refractivity contribution in [1.29, 1.82) is 0 Å². The van der Waals surface area contributed by atoms with Gasteiger partial charge in [-0.15, -0.1) is 0 Å². The number of aromatic nitrogens is 1. The molecular weight excluding hydrogens is 248 g/mol. The molecule has 2 rings (SSSR count). The van der Waals surface area contributed by atoms with E-state index in [9.17, 15) is 0 Å². The van der Waals surface area contributed by atoms with Crippen molar-refractivity contribution in [1.82, 2.24) is 4.98 Å². The van der Waals surface area contributed by atoms with E-state index in [2.05, 4.69) is 44.8 Å². The summed E-state index contributed by atoms with van der Waals surface area (Å²) in [5.41, 5.74) is 9.85. The molecule has 0 fully saturated rings. The van der Waals surface area contributed by atoms with E-state index in [4.69, 9.17) is 10.5 Å². The highest BCUT2D eigenvalue weighted by Gasteiger charge is 2.19. The van der Waals surface area contributed by atoms with Crippen molar-refractivity contribution in [2.24, 2.45) is 0 Å². The lowest BCUT2D eigenvalue weighted by molar-refractivity contribution is 0.439. The van der Waals surface area contributed by atoms with Crippen LogP contribution in [0.5, 0.6) is 11.6 Å². The van der Waals surface area contributed by atoms with Crippen molar-refractivity contribution in [2.75, 3.05) is 5.73 Å². The lowest BCUT2D eigenvalue weighted by Crippen LogP contribution is -2.13. The molecule has 2 N–H and O–H groups in total. The predicted molar refractivity (Wildman–Crippen MR) is 83.3 cm³/mol. The Morgan fingerprint density at radius 2 is 1.80 bits per heavy atom. The second kappa shape index (κ2) is 5.16. The van der Waals surface area contributed by atoms with Gasteiger partial charge in [0.25, 0.3) is 0 Å². The number of hydrogen-bond acceptors (Lipinski definition) is 3. The molecule has 0 unspecified atom stereocenters. The Morgan fingerprint density at radius 3 is 2.40 bits per heavy atom. The van der Waals surface area contributed by atoms with Crippen LogP contribution in [0.2, 0.25) is 0 Å². The Kier molecular flexibility index (Phi) is 3.71. The van der Waals surface area contributed by atoms with Gasteiger partial charge in [0.05, 0.1) is 11.9 Å². The molecule has 106 valence electrons. The van der Waals surface area contributed by atoms with Crippen LogP contribution >= 0.6 is 0 Å². The van der Waals surface area contributed by atoms with Gasteiger partial charge in [0, 0.05) is 11.6 Å². The lowest BCUT2D eigenvalue weighted by atomic mass is 9.85. The van der Waals surface area contributed by atoms with Crippen LogP contribution in [0.1, 0.15) is 37.5 Å². The number of aryl methyl sites for hydroxylation is 2. The third-order valence-corrected chi connectivity index (χ3v) is 3.28. The van der Waals surface area contributed by atoms with Crippen LogP contribution in [0, 0.1) is 13.8 Å². The molecule has 3 nitrogen and oxygen atoms in total. The van der Waals surface area contributed by atoms with E-state index in [1.54, 1.807) is 6.20 Å². The zero-order valence-corrected chi connectivity index (χ0v) is 12.8. The number of pyridine rings is 1. The average molecular weight is 270 g/mol. The number of nitrogens with two attached hydrogens (primary N) is 1. The van der Waals surface area contributed by atoms with Gasteiger partial charge in [0.2, 0.25) is 5.88 Å². The first-order valence-corrected chi connectivity index (χ1v) is 6.78. The number of anilines is 1. The predicted octanol–water partition coefficient (Wildman–Crippen LogP) is 4.37. The van der Waals surface area contributed by atoms with E-state index in [0.717, 1.165) is 11.3 Å². The fraction of sp³-hybridized carbons (Fsp3) is 0.353. The molecule has 0 atom stereocenters. The van der Waals surface area contributed by atoms with E-state index in [1.807, 2.05) is 19.1 Å². The van der Waals surface area contributed by atoms with Crippen molar-refractivity contribution in [3.05, 3.63) is 47.2 Å². The molecule has 0 spiro atoms. The van der Waals surface area contributed by atoms with Gasteiger partial charge in [0.15, 0.2) is 0 Å². The van der Waals surface area contributed by atoms with Gasteiger partial charge in [-0.1, -0.05) is 38.5 Å². The topological polar surface area (TPSA) is 48.1 Å². The summed E-state index contributed by atoms with van der Waals surface area (Å²) < 4.78 is 5.96. The van der Waals surface area contributed by atoms with Gasteiger partial charge >= 0.3 is 0 Å². The van der Waals surface area contributed by atoms with Crippen molar-refractivity contribution < 1.29 is 4.74 Å². The normalized spacial score (nSPS) is 11.4. The molecular formula is C17H22N2O. The molecule has 0 bridgehead atoms. The standard InChI is InChI=1S/C17H22N2O/c1-11-6-7-15(13(8-11)17(3,4)5)20-16-9-12(2)14(18)10-19-16/h6-10H,18H2,1-5H3. The van der Waals surface area contributed by atoms with Crippen molar-refractivity contribution >= 4 is 5.69 Å². The Hall–Kier alpha value is -2.03. The van der Waals surface area contributed by atoms with Crippen LogP contribution in [0.4, 0.5) is 5.69 Å². The zero-order valence-electron chi connectivity index (χ0n) is 12.8. The maximum Gasteiger partial charge on any atom is 0.219 e. The molecule has 1 aromatic carbocycles. The molecule has 20 heavy (non-hydrogen) atoms. The first-order chi connectivity index (χ1) is 9.27. The largest absolute Gasteiger partial charge is 0.439 e. The van der Waals surface area contributed by atoms with E-state index < -0.39 is 0 Å². The van der Waals surface area contributed by atoms with Crippen LogP contribution < -0.4 is 10.5 Å². The minimum atomic E-state index is 0.0181. The number of benzene rings is 1. The summed E-state index contributed by atoms with van der Waals surface area (Å²) in [6, 6.07) is 8.08. The van der Waals surface area contributed by atoms with Crippen LogP contribution in [0.3, 0.4) is 0 Å². The lowest BCUT2D eigenvalue weighted by Gasteiger charge is -2.23. The van der Waals surface area contributed by atoms with Gasteiger partial charge in [-0.3, -0.25) is 0 Å². The first kappa shape index (κ1) is 14.4. The van der Waals surface area contributed by atoms with Crippen molar-refractivity contribution in [2.45, 2.75) is 40.0 Å². The third kappa shape index (κ3) is 3.10. The summed E-state index contributed by atoms with van der Waals surface area (Å²) in [5, 5.41) is 0.